The lowest BCUT2D eigenvalue weighted by molar-refractivity contribution is -0.387. The molecule has 124 valence electrons. The molecule has 1 rings (SSSR count). The van der Waals surface area contributed by atoms with Crippen LogP contribution in [0.25, 0.3) is 0 Å². The molecule has 2 amide bonds. The number of nitrogens with two attached hydrogens (primary N) is 1. The molecule has 9 nitrogen and oxygen atoms in total. The van der Waals surface area contributed by atoms with Crippen molar-refractivity contribution in [2.24, 2.45) is 5.73 Å². The van der Waals surface area contributed by atoms with Gasteiger partial charge in [0, 0.05) is 19.4 Å². The monoisotopic (exact) mass is 327 g/mol. The number of carbonyl (C=O) groups is 3. The summed E-state index contributed by atoms with van der Waals surface area (Å²) in [6.45, 7) is 0.513. The zero-order valence-corrected chi connectivity index (χ0v) is 12.1. The summed E-state index contributed by atoms with van der Waals surface area (Å²) in [6, 6.07) is 1.87. The molecule has 0 unspecified atom stereocenters. The van der Waals surface area contributed by atoms with Crippen LogP contribution in [0.2, 0.25) is 0 Å². The molecule has 3 N–H and O–H groups in total. The number of halogens is 1. The first-order valence-corrected chi connectivity index (χ1v) is 6.35. The third-order valence-corrected chi connectivity index (χ3v) is 2.73. The van der Waals surface area contributed by atoms with Crippen molar-refractivity contribution < 1.29 is 28.4 Å². The van der Waals surface area contributed by atoms with Crippen molar-refractivity contribution in [3.63, 3.8) is 0 Å². The highest BCUT2D eigenvalue weighted by molar-refractivity contribution is 5.88. The third-order valence-electron chi connectivity index (χ3n) is 2.73. The molecule has 0 saturated carbocycles. The van der Waals surface area contributed by atoms with Crippen LogP contribution < -0.4 is 11.1 Å². The topological polar surface area (TPSA) is 142 Å². The molecular weight excluding hydrogens is 313 g/mol. The zero-order valence-electron chi connectivity index (χ0n) is 12.1. The number of ether oxygens (including phenoxy) is 1. The van der Waals surface area contributed by atoms with Crippen LogP contribution in [0.4, 0.5) is 10.1 Å². The van der Waals surface area contributed by atoms with Gasteiger partial charge in [0.2, 0.25) is 11.7 Å². The van der Waals surface area contributed by atoms with E-state index in [1.807, 2.05) is 0 Å². The van der Waals surface area contributed by atoms with Crippen LogP contribution in [-0.2, 0) is 25.5 Å². The minimum absolute atomic E-state index is 0.178. The number of nitrogens with zero attached hydrogens (tertiary/aromatic N) is 1. The van der Waals surface area contributed by atoms with Gasteiger partial charge in [0.1, 0.15) is 6.04 Å². The molecule has 10 heteroatoms. The summed E-state index contributed by atoms with van der Waals surface area (Å²) in [4.78, 5) is 43.2. The Hall–Kier alpha value is -3.04. The normalized spacial score (nSPS) is 11.4. The van der Waals surface area contributed by atoms with Gasteiger partial charge in [-0.05, 0) is 11.6 Å². The minimum Gasteiger partial charge on any atom is -0.456 e. The molecule has 0 fully saturated rings. The highest BCUT2D eigenvalue weighted by Crippen LogP contribution is 2.19. The summed E-state index contributed by atoms with van der Waals surface area (Å²) in [7, 11) is 0. The highest BCUT2D eigenvalue weighted by atomic mass is 19.1. The van der Waals surface area contributed by atoms with Gasteiger partial charge in [-0.3, -0.25) is 24.5 Å². The Balaban J connectivity index is 2.82. The quantitative estimate of drug-likeness (QED) is 0.404. The van der Waals surface area contributed by atoms with Crippen LogP contribution in [0.15, 0.2) is 18.2 Å². The van der Waals surface area contributed by atoms with Gasteiger partial charge in [0.15, 0.2) is 6.61 Å². The van der Waals surface area contributed by atoms with Gasteiger partial charge in [-0.2, -0.15) is 4.39 Å². The maximum atomic E-state index is 13.3. The Kier molecular flexibility index (Phi) is 6.13. The second kappa shape index (κ2) is 7.82. The van der Waals surface area contributed by atoms with Crippen molar-refractivity contribution in [1.82, 2.24) is 5.32 Å². The average Bonchev–Trinajstić information content (AvgIpc) is 2.45. The molecular formula is C13H14FN3O6. The summed E-state index contributed by atoms with van der Waals surface area (Å²) in [6.07, 6.45) is -0.178. The maximum absolute atomic E-state index is 13.3. The zero-order chi connectivity index (χ0) is 17.6. The lowest BCUT2D eigenvalue weighted by atomic mass is 10.0. The van der Waals surface area contributed by atoms with E-state index in [1.54, 1.807) is 0 Å². The Morgan fingerprint density at radius 1 is 1.43 bits per heavy atom. The number of nitro benzene ring substituents is 1. The Morgan fingerprint density at radius 2 is 2.09 bits per heavy atom. The van der Waals surface area contributed by atoms with E-state index in [1.165, 1.54) is 6.07 Å². The smallest absolute Gasteiger partial charge is 0.305 e. The van der Waals surface area contributed by atoms with Gasteiger partial charge >= 0.3 is 11.7 Å². The van der Waals surface area contributed by atoms with E-state index in [4.69, 9.17) is 5.73 Å². The molecule has 0 radical (unpaired) electrons. The van der Waals surface area contributed by atoms with Gasteiger partial charge < -0.3 is 15.8 Å². The Morgan fingerprint density at radius 3 is 2.61 bits per heavy atom. The maximum Gasteiger partial charge on any atom is 0.305 e. The number of hydrogen-bond acceptors (Lipinski definition) is 6. The number of carbonyl (C=O) groups excluding carboxylic acids is 3. The molecule has 0 aliphatic carbocycles. The van der Waals surface area contributed by atoms with E-state index in [9.17, 15) is 28.9 Å². The standard InChI is InChI=1S/C13H14FN3O6/c1-7(18)23-6-12(19)16-10(13(15)20)4-8-2-3-9(14)11(5-8)17(21)22/h2-3,5,10H,4,6H2,1H3,(H2,15,20)(H,16,19)/t10-/m0/s1. The number of benzene rings is 1. The molecule has 1 aromatic carbocycles. The fraction of sp³-hybridized carbons (Fsp3) is 0.308. The summed E-state index contributed by atoms with van der Waals surface area (Å²) in [5.41, 5.74) is 4.63. The number of hydrogen-bond donors (Lipinski definition) is 2. The minimum atomic E-state index is -1.19. The summed E-state index contributed by atoms with van der Waals surface area (Å²) >= 11 is 0. The van der Waals surface area contributed by atoms with Crippen LogP contribution in [0.3, 0.4) is 0 Å². The van der Waals surface area contributed by atoms with Crippen LogP contribution in [0.1, 0.15) is 12.5 Å². The molecule has 0 heterocycles. The molecule has 0 bridgehead atoms. The van der Waals surface area contributed by atoms with Crippen molar-refractivity contribution in [2.75, 3.05) is 6.61 Å². The molecule has 1 atom stereocenters. The Bertz CT molecular complexity index is 649. The Labute approximate surface area is 129 Å². The average molecular weight is 327 g/mol. The first kappa shape index (κ1) is 18.0. The fourth-order valence-corrected chi connectivity index (χ4v) is 1.69. The van der Waals surface area contributed by atoms with Crippen molar-refractivity contribution >= 4 is 23.5 Å². The molecule has 0 aliphatic heterocycles. The number of nitro groups is 1. The van der Waals surface area contributed by atoms with Gasteiger partial charge in [0.25, 0.3) is 5.91 Å². The van der Waals surface area contributed by atoms with Crippen molar-refractivity contribution in [1.29, 1.82) is 0 Å². The van der Waals surface area contributed by atoms with Gasteiger partial charge in [0.05, 0.1) is 4.92 Å². The molecule has 0 aliphatic rings. The molecule has 0 saturated heterocycles. The van der Waals surface area contributed by atoms with Crippen molar-refractivity contribution in [3.8, 4) is 0 Å². The van der Waals surface area contributed by atoms with Gasteiger partial charge in [-0.1, -0.05) is 6.07 Å². The molecule has 1 aromatic rings. The van der Waals surface area contributed by atoms with Crippen molar-refractivity contribution in [2.45, 2.75) is 19.4 Å². The van der Waals surface area contributed by atoms with Crippen LogP contribution in [-0.4, -0.2) is 35.4 Å². The third kappa shape index (κ3) is 5.69. The van der Waals surface area contributed by atoms with Crippen LogP contribution >= 0.6 is 0 Å². The lowest BCUT2D eigenvalue weighted by Gasteiger charge is -2.15. The number of nitrogens with one attached hydrogen (secondary N) is 1. The SMILES string of the molecule is CC(=O)OCC(=O)N[C@@H](Cc1ccc(F)c([N+](=O)[O-])c1)C(N)=O. The second-order valence-electron chi connectivity index (χ2n) is 4.55. The number of amides is 2. The van der Waals surface area contributed by atoms with E-state index in [0.717, 1.165) is 19.1 Å². The first-order valence-electron chi connectivity index (χ1n) is 6.35. The summed E-state index contributed by atoms with van der Waals surface area (Å²) in [5, 5.41) is 12.9. The first-order chi connectivity index (χ1) is 10.7. The predicted octanol–water partition coefficient (Wildman–Crippen LogP) is -0.190. The van der Waals surface area contributed by atoms with Crippen LogP contribution in [0, 0.1) is 15.9 Å². The summed E-state index contributed by atoms with van der Waals surface area (Å²) < 4.78 is 17.7. The second-order valence-corrected chi connectivity index (χ2v) is 4.55. The molecule has 0 spiro atoms. The largest absolute Gasteiger partial charge is 0.456 e. The van der Waals surface area contributed by atoms with Crippen LogP contribution in [0.5, 0.6) is 0 Å². The predicted molar refractivity (Wildman–Crippen MR) is 74.5 cm³/mol. The van der Waals surface area contributed by atoms with Crippen molar-refractivity contribution in [3.05, 3.63) is 39.7 Å². The molecule has 0 aromatic heterocycles. The van der Waals surface area contributed by atoms with E-state index in [0.29, 0.717) is 0 Å². The number of rotatable bonds is 7. The van der Waals surface area contributed by atoms with E-state index in [2.05, 4.69) is 10.1 Å². The van der Waals surface area contributed by atoms with Gasteiger partial charge in [-0.25, -0.2) is 0 Å². The summed E-state index contributed by atoms with van der Waals surface area (Å²) in [5.74, 6) is -3.35. The highest BCUT2D eigenvalue weighted by Gasteiger charge is 2.21. The molecule has 23 heavy (non-hydrogen) atoms. The van der Waals surface area contributed by atoms with E-state index < -0.39 is 46.9 Å². The van der Waals surface area contributed by atoms with Gasteiger partial charge in [-0.15, -0.1) is 0 Å². The fourth-order valence-electron chi connectivity index (χ4n) is 1.69. The lowest BCUT2D eigenvalue weighted by Crippen LogP contribution is -2.47. The number of primary amides is 1. The van der Waals surface area contributed by atoms with E-state index >= 15 is 0 Å². The number of esters is 1. The van der Waals surface area contributed by atoms with E-state index in [-0.39, 0.29) is 12.0 Å².